The van der Waals surface area contributed by atoms with Gasteiger partial charge in [0.05, 0.1) is 12.7 Å². The number of hydrogen-bond donors (Lipinski definition) is 2. The molecule has 0 aliphatic heterocycles. The first kappa shape index (κ1) is 20.1. The lowest BCUT2D eigenvalue weighted by atomic mass is 9.88. The minimum atomic E-state index is -0.772. The van der Waals surface area contributed by atoms with Crippen molar-refractivity contribution in [2.45, 2.75) is 19.3 Å². The Hall–Kier alpha value is -3.61. The summed E-state index contributed by atoms with van der Waals surface area (Å²) >= 11 is 0. The summed E-state index contributed by atoms with van der Waals surface area (Å²) in [5.41, 5.74) is 0.173. The van der Waals surface area contributed by atoms with E-state index in [4.69, 9.17) is 9.15 Å². The molecule has 0 spiro atoms. The van der Waals surface area contributed by atoms with E-state index in [-0.39, 0.29) is 23.5 Å². The van der Waals surface area contributed by atoms with Gasteiger partial charge >= 0.3 is 5.63 Å². The van der Waals surface area contributed by atoms with Gasteiger partial charge < -0.3 is 19.6 Å². The lowest BCUT2D eigenvalue weighted by Crippen LogP contribution is -2.21. The number of halogens is 1. The number of carbonyl (C=O) groups is 1. The fraction of sp³-hybridized carbons (Fsp3) is 0.182. The third-order valence-corrected chi connectivity index (χ3v) is 4.45. The van der Waals surface area contributed by atoms with Crippen molar-refractivity contribution in [2.24, 2.45) is 0 Å². The molecular formula is C22H20FNO5. The van der Waals surface area contributed by atoms with E-state index in [1.165, 1.54) is 31.4 Å². The maximum Gasteiger partial charge on any atom is 0.343 e. The number of ether oxygens (including phenoxy) is 1. The molecule has 0 fully saturated rings. The Labute approximate surface area is 166 Å². The average molecular weight is 397 g/mol. The number of carbonyl (C=O) groups excluding carboxylic acids is 1. The number of anilines is 1. The zero-order valence-electron chi connectivity index (χ0n) is 15.9. The van der Waals surface area contributed by atoms with E-state index in [1.807, 2.05) is 0 Å². The van der Waals surface area contributed by atoms with Crippen LogP contribution >= 0.6 is 0 Å². The van der Waals surface area contributed by atoms with Crippen molar-refractivity contribution in [2.75, 3.05) is 12.4 Å². The molecule has 0 radical (unpaired) electrons. The standard InChI is InChI=1S/C22H20FNO5/c1-13-10-19(25)21(22(27)29-13)18(14-6-8-17(28-2)9-7-14)12-20(26)24-16-5-3-4-15(23)11-16/h3-11,18,25H,12H2,1-2H3,(H,24,26)/t18-/m1/s1. The summed E-state index contributed by atoms with van der Waals surface area (Å²) in [6.45, 7) is 1.55. The van der Waals surface area contributed by atoms with Gasteiger partial charge in [-0.1, -0.05) is 18.2 Å². The molecule has 0 saturated heterocycles. The molecule has 6 nitrogen and oxygen atoms in total. The number of nitrogens with one attached hydrogen (secondary N) is 1. The first-order valence-electron chi connectivity index (χ1n) is 8.90. The van der Waals surface area contributed by atoms with Crippen LogP contribution in [-0.2, 0) is 4.79 Å². The minimum absolute atomic E-state index is 0.0184. The number of rotatable bonds is 6. The van der Waals surface area contributed by atoms with Crippen LogP contribution in [0.3, 0.4) is 0 Å². The van der Waals surface area contributed by atoms with Gasteiger partial charge in [0.15, 0.2) is 0 Å². The maximum atomic E-state index is 13.4. The molecule has 2 N–H and O–H groups in total. The van der Waals surface area contributed by atoms with Crippen LogP contribution in [0.4, 0.5) is 10.1 Å². The summed E-state index contributed by atoms with van der Waals surface area (Å²) < 4.78 is 23.7. The van der Waals surface area contributed by atoms with Crippen molar-refractivity contribution in [3.63, 3.8) is 0 Å². The van der Waals surface area contributed by atoms with Gasteiger partial charge in [-0.3, -0.25) is 4.79 Å². The smallest absolute Gasteiger partial charge is 0.343 e. The van der Waals surface area contributed by atoms with Crippen LogP contribution in [0.2, 0.25) is 0 Å². The third kappa shape index (κ3) is 4.82. The fourth-order valence-electron chi connectivity index (χ4n) is 3.11. The van der Waals surface area contributed by atoms with E-state index < -0.39 is 23.3 Å². The highest BCUT2D eigenvalue weighted by Gasteiger charge is 2.26. The molecule has 150 valence electrons. The Bertz CT molecular complexity index is 1080. The highest BCUT2D eigenvalue weighted by Crippen LogP contribution is 2.33. The zero-order chi connectivity index (χ0) is 21.0. The molecule has 1 aromatic heterocycles. The highest BCUT2D eigenvalue weighted by atomic mass is 19.1. The Balaban J connectivity index is 1.96. The van der Waals surface area contributed by atoms with Crippen molar-refractivity contribution >= 4 is 11.6 Å². The first-order valence-corrected chi connectivity index (χ1v) is 8.90. The van der Waals surface area contributed by atoms with Gasteiger partial charge in [-0.15, -0.1) is 0 Å². The van der Waals surface area contributed by atoms with Crippen LogP contribution in [0.15, 0.2) is 63.8 Å². The number of amides is 1. The fourth-order valence-corrected chi connectivity index (χ4v) is 3.11. The Morgan fingerprint density at radius 2 is 1.93 bits per heavy atom. The molecule has 1 amide bonds. The van der Waals surface area contributed by atoms with E-state index in [0.29, 0.717) is 17.0 Å². The Kier molecular flexibility index (Phi) is 5.97. The molecule has 0 unspecified atom stereocenters. The number of methoxy groups -OCH3 is 1. The molecule has 3 aromatic rings. The molecule has 0 aliphatic carbocycles. The molecule has 3 rings (SSSR count). The lowest BCUT2D eigenvalue weighted by Gasteiger charge is -2.18. The third-order valence-electron chi connectivity index (χ3n) is 4.45. The van der Waals surface area contributed by atoms with Crippen LogP contribution in [0, 0.1) is 12.7 Å². The summed E-state index contributed by atoms with van der Waals surface area (Å²) in [5.74, 6) is -1.09. The predicted molar refractivity (Wildman–Crippen MR) is 106 cm³/mol. The molecule has 0 bridgehead atoms. The predicted octanol–water partition coefficient (Wildman–Crippen LogP) is 3.96. The van der Waals surface area contributed by atoms with E-state index in [0.717, 1.165) is 0 Å². The average Bonchev–Trinajstić information content (AvgIpc) is 2.66. The number of aromatic hydroxyl groups is 1. The molecule has 2 aromatic carbocycles. The van der Waals surface area contributed by atoms with E-state index in [2.05, 4.69) is 5.32 Å². The van der Waals surface area contributed by atoms with Gasteiger partial charge in [-0.05, 0) is 42.8 Å². The van der Waals surface area contributed by atoms with Crippen molar-refractivity contribution in [3.05, 3.63) is 87.7 Å². The lowest BCUT2D eigenvalue weighted by molar-refractivity contribution is -0.116. The molecule has 1 heterocycles. The maximum absolute atomic E-state index is 13.4. The summed E-state index contributed by atoms with van der Waals surface area (Å²) in [6, 6.07) is 13.6. The monoisotopic (exact) mass is 397 g/mol. The van der Waals surface area contributed by atoms with Crippen LogP contribution in [0.5, 0.6) is 11.5 Å². The summed E-state index contributed by atoms with van der Waals surface area (Å²) in [7, 11) is 1.53. The second-order valence-corrected chi connectivity index (χ2v) is 6.53. The largest absolute Gasteiger partial charge is 0.507 e. The van der Waals surface area contributed by atoms with Crippen molar-refractivity contribution in [1.82, 2.24) is 0 Å². The van der Waals surface area contributed by atoms with Crippen molar-refractivity contribution in [1.29, 1.82) is 0 Å². The van der Waals surface area contributed by atoms with E-state index >= 15 is 0 Å². The van der Waals surface area contributed by atoms with Gasteiger partial charge in [0.1, 0.15) is 23.1 Å². The first-order chi connectivity index (χ1) is 13.9. The SMILES string of the molecule is COc1ccc([C@@H](CC(=O)Nc2cccc(F)c2)c2c(O)cc(C)oc2=O)cc1. The van der Waals surface area contributed by atoms with Gasteiger partial charge in [-0.2, -0.15) is 0 Å². The summed E-state index contributed by atoms with van der Waals surface area (Å²) in [5, 5.41) is 13.0. The second kappa shape index (κ2) is 8.60. The van der Waals surface area contributed by atoms with Crippen LogP contribution in [0.25, 0.3) is 0 Å². The summed E-state index contributed by atoms with van der Waals surface area (Å²) in [6.07, 6.45) is -0.162. The number of aryl methyl sites for hydroxylation is 1. The normalized spacial score (nSPS) is 11.7. The quantitative estimate of drug-likeness (QED) is 0.657. The minimum Gasteiger partial charge on any atom is -0.507 e. The second-order valence-electron chi connectivity index (χ2n) is 6.53. The van der Waals surface area contributed by atoms with Crippen molar-refractivity contribution < 1.29 is 23.4 Å². The molecule has 29 heavy (non-hydrogen) atoms. The Morgan fingerprint density at radius 3 is 2.55 bits per heavy atom. The van der Waals surface area contributed by atoms with Crippen LogP contribution < -0.4 is 15.7 Å². The van der Waals surface area contributed by atoms with Gasteiger partial charge in [-0.25, -0.2) is 9.18 Å². The zero-order valence-corrected chi connectivity index (χ0v) is 15.9. The van der Waals surface area contributed by atoms with Gasteiger partial charge in [0.2, 0.25) is 5.91 Å². The Morgan fingerprint density at radius 1 is 1.21 bits per heavy atom. The topological polar surface area (TPSA) is 88.8 Å². The molecular weight excluding hydrogens is 377 g/mol. The summed E-state index contributed by atoms with van der Waals surface area (Å²) in [4.78, 5) is 25.1. The molecule has 7 heteroatoms. The van der Waals surface area contributed by atoms with Gasteiger partial charge in [0, 0.05) is 24.1 Å². The van der Waals surface area contributed by atoms with Crippen molar-refractivity contribution in [3.8, 4) is 11.5 Å². The molecule has 0 aliphatic rings. The van der Waals surface area contributed by atoms with Crippen LogP contribution in [-0.4, -0.2) is 18.1 Å². The van der Waals surface area contributed by atoms with Gasteiger partial charge in [0.25, 0.3) is 0 Å². The van der Waals surface area contributed by atoms with E-state index in [9.17, 15) is 19.1 Å². The molecule has 1 atom stereocenters. The number of benzene rings is 2. The van der Waals surface area contributed by atoms with E-state index in [1.54, 1.807) is 37.3 Å². The number of hydrogen-bond acceptors (Lipinski definition) is 5. The van der Waals surface area contributed by atoms with Crippen LogP contribution in [0.1, 0.15) is 29.2 Å². The molecule has 0 saturated carbocycles. The highest BCUT2D eigenvalue weighted by molar-refractivity contribution is 5.91.